The molecule has 3 N–H and O–H groups in total. The quantitative estimate of drug-likeness (QED) is 0.514. The summed E-state index contributed by atoms with van der Waals surface area (Å²) >= 11 is 0. The average molecular weight is 229 g/mol. The lowest BCUT2D eigenvalue weighted by atomic mass is 10.3. The van der Waals surface area contributed by atoms with Crippen LogP contribution in [0.4, 0.5) is 0 Å². The van der Waals surface area contributed by atoms with Gasteiger partial charge in [-0.15, -0.1) is 0 Å². The molecule has 0 aromatic heterocycles. The minimum atomic E-state index is -0.0431. The van der Waals surface area contributed by atoms with Crippen molar-refractivity contribution in [1.82, 2.24) is 16.0 Å². The highest BCUT2D eigenvalue weighted by atomic mass is 16.2. The van der Waals surface area contributed by atoms with Crippen molar-refractivity contribution in [3.8, 4) is 0 Å². The van der Waals surface area contributed by atoms with Crippen LogP contribution in [0.25, 0.3) is 0 Å². The Kier molecular flexibility index (Phi) is 8.52. The lowest BCUT2D eigenvalue weighted by Crippen LogP contribution is -2.40. The summed E-state index contributed by atoms with van der Waals surface area (Å²) in [5.41, 5.74) is 0. The van der Waals surface area contributed by atoms with E-state index in [-0.39, 0.29) is 11.8 Å². The van der Waals surface area contributed by atoms with Crippen molar-refractivity contribution in [2.45, 2.75) is 39.7 Å². The monoisotopic (exact) mass is 229 g/mol. The molecule has 0 aromatic carbocycles. The van der Waals surface area contributed by atoms with Gasteiger partial charge < -0.3 is 16.0 Å². The fourth-order valence-corrected chi connectivity index (χ4v) is 1.08. The van der Waals surface area contributed by atoms with E-state index < -0.39 is 0 Å². The van der Waals surface area contributed by atoms with Crippen LogP contribution < -0.4 is 16.0 Å². The Hall–Kier alpha value is -1.10. The molecular formula is C11H23N3O2. The van der Waals surface area contributed by atoms with Gasteiger partial charge in [-0.1, -0.05) is 20.8 Å². The van der Waals surface area contributed by atoms with Gasteiger partial charge in [-0.2, -0.15) is 0 Å². The molecule has 16 heavy (non-hydrogen) atoms. The summed E-state index contributed by atoms with van der Waals surface area (Å²) < 4.78 is 0. The van der Waals surface area contributed by atoms with E-state index in [4.69, 9.17) is 0 Å². The largest absolute Gasteiger partial charge is 0.354 e. The number of nitrogens with one attached hydrogen (secondary N) is 3. The first-order chi connectivity index (χ1) is 7.56. The molecule has 5 nitrogen and oxygen atoms in total. The summed E-state index contributed by atoms with van der Waals surface area (Å²) in [6.07, 6.45) is 1.39. The molecule has 5 heteroatoms. The van der Waals surface area contributed by atoms with Crippen LogP contribution in [0.3, 0.4) is 0 Å². The summed E-state index contributed by atoms with van der Waals surface area (Å²) in [4.78, 5) is 22.3. The number of amides is 2. The van der Waals surface area contributed by atoms with Gasteiger partial charge in [0.25, 0.3) is 0 Å². The fraction of sp³-hybridized carbons (Fsp3) is 0.818. The highest BCUT2D eigenvalue weighted by Gasteiger charge is 2.02. The predicted molar refractivity (Wildman–Crippen MR) is 64.1 cm³/mol. The maximum absolute atomic E-state index is 11.2. The summed E-state index contributed by atoms with van der Waals surface area (Å²) in [6.45, 7) is 7.22. The van der Waals surface area contributed by atoms with Crippen LogP contribution in [0.15, 0.2) is 0 Å². The van der Waals surface area contributed by atoms with Gasteiger partial charge in [0.05, 0.1) is 6.54 Å². The van der Waals surface area contributed by atoms with Crippen LogP contribution in [-0.2, 0) is 9.59 Å². The summed E-state index contributed by atoms with van der Waals surface area (Å²) in [7, 11) is 0. The molecule has 0 bridgehead atoms. The van der Waals surface area contributed by atoms with Gasteiger partial charge in [0.15, 0.2) is 0 Å². The van der Waals surface area contributed by atoms with Crippen molar-refractivity contribution in [3.05, 3.63) is 0 Å². The van der Waals surface area contributed by atoms with Gasteiger partial charge in [-0.3, -0.25) is 9.59 Å². The molecule has 0 aliphatic carbocycles. The van der Waals surface area contributed by atoms with Crippen LogP contribution in [0.1, 0.15) is 33.6 Å². The third-order valence-electron chi connectivity index (χ3n) is 1.92. The second-order valence-electron chi connectivity index (χ2n) is 3.99. The maximum Gasteiger partial charge on any atom is 0.234 e. The average Bonchev–Trinajstić information content (AvgIpc) is 2.22. The second-order valence-corrected chi connectivity index (χ2v) is 3.99. The highest BCUT2D eigenvalue weighted by Crippen LogP contribution is 1.84. The van der Waals surface area contributed by atoms with E-state index in [2.05, 4.69) is 16.0 Å². The molecule has 0 aromatic rings. The molecule has 0 fully saturated rings. The van der Waals surface area contributed by atoms with E-state index in [0.29, 0.717) is 32.1 Å². The lowest BCUT2D eigenvalue weighted by Gasteiger charge is -2.09. The molecule has 0 saturated carbocycles. The molecule has 0 spiro atoms. The van der Waals surface area contributed by atoms with Gasteiger partial charge >= 0.3 is 0 Å². The summed E-state index contributed by atoms with van der Waals surface area (Å²) in [5, 5.41) is 8.46. The molecule has 2 amide bonds. The van der Waals surface area contributed by atoms with Crippen LogP contribution in [0.2, 0.25) is 0 Å². The number of carbonyl (C=O) groups excluding carboxylic acids is 2. The van der Waals surface area contributed by atoms with Crippen LogP contribution >= 0.6 is 0 Å². The Morgan fingerprint density at radius 2 is 1.62 bits per heavy atom. The number of hydrogen-bond donors (Lipinski definition) is 3. The van der Waals surface area contributed by atoms with Crippen LogP contribution in [0, 0.1) is 0 Å². The first-order valence-electron chi connectivity index (χ1n) is 5.83. The molecule has 0 atom stereocenters. The van der Waals surface area contributed by atoms with E-state index in [1.54, 1.807) is 0 Å². The number of hydrogen-bond acceptors (Lipinski definition) is 3. The molecule has 0 rings (SSSR count). The van der Waals surface area contributed by atoms with Crippen molar-refractivity contribution < 1.29 is 9.59 Å². The van der Waals surface area contributed by atoms with E-state index in [1.165, 1.54) is 0 Å². The third-order valence-corrected chi connectivity index (χ3v) is 1.92. The molecule has 0 aliphatic rings. The summed E-state index contributed by atoms with van der Waals surface area (Å²) in [5.74, 6) is -0.00417. The zero-order chi connectivity index (χ0) is 12.4. The first-order valence-corrected chi connectivity index (χ1v) is 5.83. The van der Waals surface area contributed by atoms with E-state index in [1.807, 2.05) is 20.8 Å². The normalized spacial score (nSPS) is 10.2. The Bertz CT molecular complexity index is 217. The highest BCUT2D eigenvalue weighted by molar-refractivity contribution is 5.78. The van der Waals surface area contributed by atoms with E-state index in [9.17, 15) is 9.59 Å². The van der Waals surface area contributed by atoms with Crippen LogP contribution in [0.5, 0.6) is 0 Å². The van der Waals surface area contributed by atoms with Crippen molar-refractivity contribution in [3.63, 3.8) is 0 Å². The van der Waals surface area contributed by atoms with Gasteiger partial charge in [-0.05, 0) is 6.42 Å². The number of carbonyl (C=O) groups is 2. The minimum Gasteiger partial charge on any atom is -0.354 e. The standard InChI is InChI=1S/C11H23N3O2/c1-4-5-10(15)12-6-7-13-11(16)8-14-9(2)3/h9,14H,4-8H2,1-3H3,(H,12,15)(H,13,16). The molecule has 0 heterocycles. The third kappa shape index (κ3) is 9.45. The van der Waals surface area contributed by atoms with Gasteiger partial charge in [0.1, 0.15) is 0 Å². The zero-order valence-corrected chi connectivity index (χ0v) is 10.4. The molecular weight excluding hydrogens is 206 g/mol. The van der Waals surface area contributed by atoms with Crippen molar-refractivity contribution in [2.24, 2.45) is 0 Å². The van der Waals surface area contributed by atoms with E-state index in [0.717, 1.165) is 6.42 Å². The van der Waals surface area contributed by atoms with Crippen molar-refractivity contribution >= 4 is 11.8 Å². The Morgan fingerprint density at radius 3 is 2.12 bits per heavy atom. The van der Waals surface area contributed by atoms with Gasteiger partial charge in [0.2, 0.25) is 11.8 Å². The second kappa shape index (κ2) is 9.15. The van der Waals surface area contributed by atoms with Crippen molar-refractivity contribution in [1.29, 1.82) is 0 Å². The van der Waals surface area contributed by atoms with Crippen molar-refractivity contribution in [2.75, 3.05) is 19.6 Å². The molecule has 0 radical (unpaired) electrons. The van der Waals surface area contributed by atoms with Crippen LogP contribution in [-0.4, -0.2) is 37.5 Å². The maximum atomic E-state index is 11.2. The topological polar surface area (TPSA) is 70.2 Å². The zero-order valence-electron chi connectivity index (χ0n) is 10.4. The molecule has 0 unspecified atom stereocenters. The molecule has 94 valence electrons. The smallest absolute Gasteiger partial charge is 0.234 e. The Balaban J connectivity index is 3.37. The molecule has 0 saturated heterocycles. The van der Waals surface area contributed by atoms with Gasteiger partial charge in [-0.25, -0.2) is 0 Å². The minimum absolute atomic E-state index is 0.0389. The Morgan fingerprint density at radius 1 is 1.06 bits per heavy atom. The lowest BCUT2D eigenvalue weighted by molar-refractivity contribution is -0.122. The Labute approximate surface area is 97.4 Å². The first kappa shape index (κ1) is 14.9. The molecule has 0 aliphatic heterocycles. The SMILES string of the molecule is CCCC(=O)NCCNC(=O)CNC(C)C. The summed E-state index contributed by atoms with van der Waals surface area (Å²) in [6, 6.07) is 0.301. The fourth-order valence-electron chi connectivity index (χ4n) is 1.08. The van der Waals surface area contributed by atoms with Gasteiger partial charge in [0, 0.05) is 25.6 Å². The predicted octanol–water partition coefficient (Wildman–Crippen LogP) is 0.0169. The number of rotatable bonds is 8. The van der Waals surface area contributed by atoms with E-state index >= 15 is 0 Å².